The second-order valence-corrected chi connectivity index (χ2v) is 6.05. The van der Waals surface area contributed by atoms with Crippen molar-refractivity contribution in [2.75, 3.05) is 11.9 Å². The lowest BCUT2D eigenvalue weighted by atomic mass is 10.1. The Labute approximate surface area is 138 Å². The van der Waals surface area contributed by atoms with Crippen LogP contribution in [-0.2, 0) is 11.2 Å². The van der Waals surface area contributed by atoms with Gasteiger partial charge in [0.2, 0.25) is 0 Å². The fourth-order valence-corrected chi connectivity index (χ4v) is 2.57. The number of carbonyl (C=O) groups is 1. The average molecular weight is 395 g/mol. The Morgan fingerprint density at radius 3 is 2.76 bits per heavy atom. The Kier molecular flexibility index (Phi) is 5.61. The lowest BCUT2D eigenvalue weighted by Crippen LogP contribution is -2.21. The van der Waals surface area contributed by atoms with Crippen LogP contribution in [0.3, 0.4) is 0 Å². The fourth-order valence-electron chi connectivity index (χ4n) is 2.02. The minimum absolute atomic E-state index is 0.0125. The van der Waals surface area contributed by atoms with Crippen LogP contribution < -0.4 is 10.1 Å². The Hall–Kier alpha value is -1.56. The molecule has 2 aromatic carbocycles. The molecule has 0 aromatic heterocycles. The summed E-state index contributed by atoms with van der Waals surface area (Å²) in [6.07, 6.45) is 0.880. The molecule has 1 N–H and O–H groups in total. The van der Waals surface area contributed by atoms with Crippen molar-refractivity contribution >= 4 is 34.2 Å². The van der Waals surface area contributed by atoms with E-state index in [2.05, 4.69) is 40.9 Å². The third-order valence-electron chi connectivity index (χ3n) is 3.08. The number of anilines is 1. The van der Waals surface area contributed by atoms with Gasteiger partial charge in [-0.05, 0) is 77.4 Å². The van der Waals surface area contributed by atoms with Crippen LogP contribution in [0, 0.1) is 10.5 Å². The van der Waals surface area contributed by atoms with E-state index in [1.807, 2.05) is 43.3 Å². The third-order valence-corrected chi connectivity index (χ3v) is 3.75. The molecule has 3 nitrogen and oxygen atoms in total. The highest BCUT2D eigenvalue weighted by Gasteiger charge is 2.07. The number of amides is 1. The Bertz CT molecular complexity index is 640. The molecule has 4 heteroatoms. The Balaban J connectivity index is 1.96. The summed E-state index contributed by atoms with van der Waals surface area (Å²) >= 11 is 2.27. The molecular weight excluding hydrogens is 377 g/mol. The number of nitrogens with one attached hydrogen (secondary N) is 1. The van der Waals surface area contributed by atoms with Crippen LogP contribution in [-0.4, -0.2) is 12.5 Å². The zero-order chi connectivity index (χ0) is 15.2. The summed E-state index contributed by atoms with van der Waals surface area (Å²) < 4.78 is 6.67. The number of hydrogen-bond acceptors (Lipinski definition) is 2. The zero-order valence-corrected chi connectivity index (χ0v) is 14.3. The van der Waals surface area contributed by atoms with E-state index in [0.29, 0.717) is 5.75 Å². The van der Waals surface area contributed by atoms with Gasteiger partial charge in [-0.1, -0.05) is 19.1 Å². The van der Waals surface area contributed by atoms with Gasteiger partial charge >= 0.3 is 0 Å². The van der Waals surface area contributed by atoms with Crippen LogP contribution in [0.5, 0.6) is 5.75 Å². The van der Waals surface area contributed by atoms with E-state index in [9.17, 15) is 4.79 Å². The number of hydrogen-bond donors (Lipinski definition) is 1. The first-order chi connectivity index (χ1) is 10.1. The van der Waals surface area contributed by atoms with E-state index in [4.69, 9.17) is 4.74 Å². The maximum absolute atomic E-state index is 12.0. The zero-order valence-electron chi connectivity index (χ0n) is 12.2. The standard InChI is InChI=1S/C17H18INO2/c1-3-13-10-14(18)7-8-16(13)19-17(20)11-21-15-6-4-5-12(2)9-15/h4-10H,3,11H2,1-2H3,(H,19,20). The molecule has 2 rings (SSSR count). The van der Waals surface area contributed by atoms with E-state index in [1.54, 1.807) is 0 Å². The summed E-state index contributed by atoms with van der Waals surface area (Å²) in [5.74, 6) is 0.566. The monoisotopic (exact) mass is 395 g/mol. The molecule has 1 amide bonds. The molecule has 0 aliphatic heterocycles. The summed E-state index contributed by atoms with van der Waals surface area (Å²) in [7, 11) is 0. The number of benzene rings is 2. The van der Waals surface area contributed by atoms with Gasteiger partial charge in [0.05, 0.1) is 0 Å². The van der Waals surface area contributed by atoms with Crippen LogP contribution >= 0.6 is 22.6 Å². The van der Waals surface area contributed by atoms with Gasteiger partial charge in [-0.25, -0.2) is 0 Å². The normalized spacial score (nSPS) is 10.2. The smallest absolute Gasteiger partial charge is 0.262 e. The second-order valence-electron chi connectivity index (χ2n) is 4.81. The quantitative estimate of drug-likeness (QED) is 0.772. The predicted molar refractivity (Wildman–Crippen MR) is 93.8 cm³/mol. The molecule has 2 aromatic rings. The molecule has 0 unspecified atom stereocenters. The molecule has 0 aliphatic carbocycles. The topological polar surface area (TPSA) is 38.3 Å². The van der Waals surface area contributed by atoms with Crippen molar-refractivity contribution in [2.45, 2.75) is 20.3 Å². The minimum atomic E-state index is -0.146. The molecule has 0 bridgehead atoms. The fraction of sp³-hybridized carbons (Fsp3) is 0.235. The summed E-state index contributed by atoms with van der Waals surface area (Å²) in [6, 6.07) is 13.7. The van der Waals surface area contributed by atoms with Crippen LogP contribution in [0.2, 0.25) is 0 Å². The third kappa shape index (κ3) is 4.74. The average Bonchev–Trinajstić information content (AvgIpc) is 2.47. The van der Waals surface area contributed by atoms with Gasteiger partial charge in [-0.15, -0.1) is 0 Å². The van der Waals surface area contributed by atoms with E-state index >= 15 is 0 Å². The van der Waals surface area contributed by atoms with E-state index in [0.717, 1.165) is 23.2 Å². The molecule has 0 fully saturated rings. The minimum Gasteiger partial charge on any atom is -0.484 e. The number of aryl methyl sites for hydroxylation is 2. The van der Waals surface area contributed by atoms with Gasteiger partial charge in [-0.2, -0.15) is 0 Å². The lowest BCUT2D eigenvalue weighted by molar-refractivity contribution is -0.118. The number of rotatable bonds is 5. The van der Waals surface area contributed by atoms with Gasteiger partial charge < -0.3 is 10.1 Å². The van der Waals surface area contributed by atoms with Crippen molar-refractivity contribution in [3.8, 4) is 5.75 Å². The lowest BCUT2D eigenvalue weighted by Gasteiger charge is -2.11. The number of halogens is 1. The highest BCUT2D eigenvalue weighted by atomic mass is 127. The SMILES string of the molecule is CCc1cc(I)ccc1NC(=O)COc1cccc(C)c1. The predicted octanol–water partition coefficient (Wildman–Crippen LogP) is 4.18. The van der Waals surface area contributed by atoms with Crippen LogP contribution in [0.4, 0.5) is 5.69 Å². The molecular formula is C17H18INO2. The van der Waals surface area contributed by atoms with Crippen LogP contribution in [0.15, 0.2) is 42.5 Å². The first-order valence-electron chi connectivity index (χ1n) is 6.86. The second kappa shape index (κ2) is 7.45. The Morgan fingerprint density at radius 2 is 2.05 bits per heavy atom. The van der Waals surface area contributed by atoms with Crippen molar-refractivity contribution in [1.82, 2.24) is 0 Å². The van der Waals surface area contributed by atoms with E-state index in [-0.39, 0.29) is 12.5 Å². The van der Waals surface area contributed by atoms with Crippen molar-refractivity contribution in [2.24, 2.45) is 0 Å². The van der Waals surface area contributed by atoms with Crippen molar-refractivity contribution in [1.29, 1.82) is 0 Å². The summed E-state index contributed by atoms with van der Waals surface area (Å²) in [5.41, 5.74) is 3.10. The number of carbonyl (C=O) groups excluding carboxylic acids is 1. The molecule has 21 heavy (non-hydrogen) atoms. The highest BCUT2D eigenvalue weighted by Crippen LogP contribution is 2.19. The number of ether oxygens (including phenoxy) is 1. The van der Waals surface area contributed by atoms with Crippen molar-refractivity contribution in [3.63, 3.8) is 0 Å². The first-order valence-corrected chi connectivity index (χ1v) is 7.94. The van der Waals surface area contributed by atoms with Crippen LogP contribution in [0.1, 0.15) is 18.1 Å². The molecule has 0 heterocycles. The molecule has 110 valence electrons. The van der Waals surface area contributed by atoms with Crippen molar-refractivity contribution < 1.29 is 9.53 Å². The summed E-state index contributed by atoms with van der Waals surface area (Å²) in [4.78, 5) is 12.0. The van der Waals surface area contributed by atoms with E-state index in [1.165, 1.54) is 3.57 Å². The first kappa shape index (κ1) is 15.8. The van der Waals surface area contributed by atoms with Gasteiger partial charge in [-0.3, -0.25) is 4.79 Å². The van der Waals surface area contributed by atoms with Gasteiger partial charge in [0, 0.05) is 9.26 Å². The molecule has 0 saturated carbocycles. The van der Waals surface area contributed by atoms with Gasteiger partial charge in [0.25, 0.3) is 5.91 Å². The van der Waals surface area contributed by atoms with Crippen molar-refractivity contribution in [3.05, 3.63) is 57.2 Å². The van der Waals surface area contributed by atoms with Gasteiger partial charge in [0.15, 0.2) is 6.61 Å². The van der Waals surface area contributed by atoms with Gasteiger partial charge in [0.1, 0.15) is 5.75 Å². The largest absolute Gasteiger partial charge is 0.484 e. The molecule has 0 aliphatic rings. The summed E-state index contributed by atoms with van der Waals surface area (Å²) in [6.45, 7) is 4.08. The maximum Gasteiger partial charge on any atom is 0.262 e. The van der Waals surface area contributed by atoms with Crippen LogP contribution in [0.25, 0.3) is 0 Å². The molecule has 0 saturated heterocycles. The van der Waals surface area contributed by atoms with E-state index < -0.39 is 0 Å². The molecule has 0 spiro atoms. The maximum atomic E-state index is 12.0. The summed E-state index contributed by atoms with van der Waals surface area (Å²) in [5, 5.41) is 2.91. The highest BCUT2D eigenvalue weighted by molar-refractivity contribution is 14.1. The molecule has 0 atom stereocenters. The Morgan fingerprint density at radius 1 is 1.24 bits per heavy atom. The molecule has 0 radical (unpaired) electrons.